The van der Waals surface area contributed by atoms with Gasteiger partial charge in [0.05, 0.1) is 0 Å². The fourth-order valence-electron chi connectivity index (χ4n) is 2.00. The lowest BCUT2D eigenvalue weighted by molar-refractivity contribution is 0.381. The molecule has 0 spiro atoms. The Kier molecular flexibility index (Phi) is 7.09. The van der Waals surface area contributed by atoms with E-state index in [1.807, 2.05) is 0 Å². The summed E-state index contributed by atoms with van der Waals surface area (Å²) >= 11 is 1.78. The first-order valence-corrected chi connectivity index (χ1v) is 16.9. The van der Waals surface area contributed by atoms with Crippen molar-refractivity contribution in [1.82, 2.24) is 0 Å². The molecule has 0 unspecified atom stereocenters. The van der Waals surface area contributed by atoms with Gasteiger partial charge in [-0.05, 0) is 70.0 Å². The molecule has 0 aliphatic carbocycles. The van der Waals surface area contributed by atoms with Crippen molar-refractivity contribution in [3.8, 4) is 0 Å². The zero-order valence-corrected chi connectivity index (χ0v) is 17.9. The summed E-state index contributed by atoms with van der Waals surface area (Å²) in [5.41, 5.74) is 0. The number of rotatable bonds is 9. The Balaban J connectivity index is 2.54. The third-order valence-corrected chi connectivity index (χ3v) is 10.9. The fourth-order valence-corrected chi connectivity index (χ4v) is 11.3. The number of hydrogen-bond acceptors (Lipinski definition) is 4. The van der Waals surface area contributed by atoms with E-state index in [0.717, 1.165) is 19.3 Å². The van der Waals surface area contributed by atoms with Crippen molar-refractivity contribution in [2.45, 2.75) is 58.5 Å². The summed E-state index contributed by atoms with van der Waals surface area (Å²) in [4.78, 5) is 1.39. The highest BCUT2D eigenvalue weighted by molar-refractivity contribution is 7.57. The number of hydrogen-bond donors (Lipinski definition) is 0. The molecule has 0 bridgehead atoms. The van der Waals surface area contributed by atoms with Gasteiger partial charge in [0.2, 0.25) is 0 Å². The van der Waals surface area contributed by atoms with Gasteiger partial charge in [-0.25, -0.2) is 0 Å². The molecule has 0 saturated carbocycles. The molecule has 0 aliphatic heterocycles. The van der Waals surface area contributed by atoms with Crippen molar-refractivity contribution in [3.05, 3.63) is 22.4 Å². The van der Waals surface area contributed by atoms with E-state index in [1.165, 1.54) is 4.88 Å². The maximum atomic E-state index is 13.0. The predicted octanol–water partition coefficient (Wildman–Crippen LogP) is 5.97. The highest BCUT2D eigenvalue weighted by Crippen LogP contribution is 2.53. The zero-order chi connectivity index (χ0) is 16.1. The van der Waals surface area contributed by atoms with Crippen LogP contribution in [-0.4, -0.2) is 22.8 Å². The summed E-state index contributed by atoms with van der Waals surface area (Å²) in [6.07, 6.45) is 3.53. The van der Waals surface area contributed by atoms with Crippen LogP contribution in [0, 0.1) is 0 Å². The SMILES string of the molecule is C[Si](C)(C)OP(=O)(CCCCc1cccs1)O[Si](C)(C)C. The molecule has 21 heavy (non-hydrogen) atoms. The van der Waals surface area contributed by atoms with Crippen molar-refractivity contribution in [2.75, 3.05) is 6.16 Å². The largest absolute Gasteiger partial charge is 0.352 e. The average molecular weight is 365 g/mol. The summed E-state index contributed by atoms with van der Waals surface area (Å²) in [7, 11) is -6.68. The molecule has 0 amide bonds. The molecular weight excluding hydrogens is 335 g/mol. The number of aryl methyl sites for hydroxylation is 1. The summed E-state index contributed by atoms with van der Waals surface area (Å²) in [5.74, 6) is 0. The Morgan fingerprint density at radius 1 is 1.05 bits per heavy atom. The van der Waals surface area contributed by atoms with Gasteiger partial charge in [-0.1, -0.05) is 6.07 Å². The lowest BCUT2D eigenvalue weighted by Gasteiger charge is -2.31. The van der Waals surface area contributed by atoms with Crippen molar-refractivity contribution in [2.24, 2.45) is 0 Å². The van der Waals surface area contributed by atoms with Crippen LogP contribution < -0.4 is 0 Å². The second-order valence-corrected chi connectivity index (χ2v) is 19.9. The number of thiophene rings is 1. The van der Waals surface area contributed by atoms with Crippen molar-refractivity contribution < 1.29 is 13.0 Å². The maximum Gasteiger partial charge on any atom is 0.311 e. The molecule has 0 radical (unpaired) electrons. The van der Waals surface area contributed by atoms with E-state index >= 15 is 0 Å². The first-order valence-electron chi connectivity index (χ1n) is 7.52. The van der Waals surface area contributed by atoms with Crippen LogP contribution in [0.3, 0.4) is 0 Å². The Bertz CT molecular complexity index is 444. The Hall–Kier alpha value is 0.284. The molecule has 0 saturated heterocycles. The van der Waals surface area contributed by atoms with Crippen LogP contribution in [0.15, 0.2) is 17.5 Å². The second-order valence-electron chi connectivity index (χ2n) is 7.28. The molecule has 0 N–H and O–H groups in total. The van der Waals surface area contributed by atoms with E-state index in [-0.39, 0.29) is 0 Å². The van der Waals surface area contributed by atoms with E-state index < -0.39 is 24.2 Å². The van der Waals surface area contributed by atoms with Gasteiger partial charge in [0.15, 0.2) is 16.6 Å². The van der Waals surface area contributed by atoms with Gasteiger partial charge in [0.1, 0.15) is 0 Å². The Morgan fingerprint density at radius 2 is 1.62 bits per heavy atom. The molecule has 1 aromatic rings. The van der Waals surface area contributed by atoms with E-state index in [4.69, 9.17) is 8.43 Å². The molecule has 0 aromatic carbocycles. The van der Waals surface area contributed by atoms with Crippen LogP contribution in [0.1, 0.15) is 17.7 Å². The van der Waals surface area contributed by atoms with Gasteiger partial charge in [-0.3, -0.25) is 4.57 Å². The third kappa shape index (κ3) is 9.11. The highest BCUT2D eigenvalue weighted by atomic mass is 32.1. The van der Waals surface area contributed by atoms with E-state index in [9.17, 15) is 4.57 Å². The summed E-state index contributed by atoms with van der Waals surface area (Å²) < 4.78 is 24.9. The van der Waals surface area contributed by atoms with Gasteiger partial charge < -0.3 is 8.43 Å². The minimum atomic E-state index is -2.94. The molecule has 0 aliphatic rings. The van der Waals surface area contributed by atoms with Crippen LogP contribution in [0.4, 0.5) is 0 Å². The van der Waals surface area contributed by atoms with Gasteiger partial charge in [-0.2, -0.15) is 0 Å². The van der Waals surface area contributed by atoms with Crippen molar-refractivity contribution >= 4 is 35.6 Å². The molecule has 0 fully saturated rings. The van der Waals surface area contributed by atoms with Gasteiger partial charge in [0.25, 0.3) is 0 Å². The van der Waals surface area contributed by atoms with Gasteiger partial charge in [0, 0.05) is 11.0 Å². The highest BCUT2D eigenvalue weighted by Gasteiger charge is 2.35. The Labute approximate surface area is 135 Å². The van der Waals surface area contributed by atoms with Gasteiger partial charge >= 0.3 is 7.60 Å². The summed E-state index contributed by atoms with van der Waals surface area (Å²) in [6, 6.07) is 4.23. The molecule has 122 valence electrons. The number of unbranched alkanes of at least 4 members (excludes halogenated alkanes) is 1. The normalized spacial score (nSPS) is 13.6. The van der Waals surface area contributed by atoms with Crippen LogP contribution >= 0.6 is 18.9 Å². The summed E-state index contributed by atoms with van der Waals surface area (Å²) in [6.45, 7) is 12.4. The Morgan fingerprint density at radius 3 is 2.05 bits per heavy atom. The second kappa shape index (κ2) is 7.71. The molecular formula is C14H29O3PSSi2. The smallest absolute Gasteiger partial charge is 0.311 e. The third-order valence-electron chi connectivity index (χ3n) is 2.51. The van der Waals surface area contributed by atoms with Gasteiger partial charge in [-0.15, -0.1) is 11.3 Å². The first-order chi connectivity index (χ1) is 9.49. The molecule has 1 aromatic heterocycles. The maximum absolute atomic E-state index is 13.0. The zero-order valence-electron chi connectivity index (χ0n) is 14.1. The fraction of sp³-hybridized carbons (Fsp3) is 0.714. The topological polar surface area (TPSA) is 35.5 Å². The average Bonchev–Trinajstić information content (AvgIpc) is 2.71. The minimum absolute atomic E-state index is 0.549. The van der Waals surface area contributed by atoms with Crippen LogP contribution in [-0.2, 0) is 19.4 Å². The lowest BCUT2D eigenvalue weighted by Crippen LogP contribution is -2.30. The lowest BCUT2D eigenvalue weighted by atomic mass is 10.2. The van der Waals surface area contributed by atoms with Crippen LogP contribution in [0.2, 0.25) is 39.3 Å². The quantitative estimate of drug-likeness (QED) is 0.308. The van der Waals surface area contributed by atoms with E-state index in [2.05, 4.69) is 56.8 Å². The van der Waals surface area contributed by atoms with E-state index in [0.29, 0.717) is 6.16 Å². The predicted molar refractivity (Wildman–Crippen MR) is 98.6 cm³/mol. The molecule has 0 atom stereocenters. The molecule has 1 rings (SSSR count). The van der Waals surface area contributed by atoms with Crippen LogP contribution in [0.5, 0.6) is 0 Å². The van der Waals surface area contributed by atoms with E-state index in [1.54, 1.807) is 11.3 Å². The standard InChI is InChI=1S/C14H29O3PSSi2/c1-20(2,3)16-18(15,17-21(4,5)6)12-8-7-10-14-11-9-13-19-14/h9,11,13H,7-8,10,12H2,1-6H3. The van der Waals surface area contributed by atoms with Crippen LogP contribution in [0.25, 0.3) is 0 Å². The molecule has 7 heteroatoms. The van der Waals surface area contributed by atoms with Crippen molar-refractivity contribution in [3.63, 3.8) is 0 Å². The summed E-state index contributed by atoms with van der Waals surface area (Å²) in [5, 5.41) is 2.10. The molecule has 3 nitrogen and oxygen atoms in total. The molecule has 1 heterocycles. The minimum Gasteiger partial charge on any atom is -0.352 e. The monoisotopic (exact) mass is 364 g/mol. The first kappa shape index (κ1) is 19.3. The van der Waals surface area contributed by atoms with Crippen molar-refractivity contribution in [1.29, 1.82) is 0 Å².